The first-order valence-electron chi connectivity index (χ1n) is 6.60. The molecule has 0 aliphatic carbocycles. The van der Waals surface area contributed by atoms with E-state index in [0.29, 0.717) is 22.6 Å². The van der Waals surface area contributed by atoms with E-state index >= 15 is 0 Å². The molecular weight excluding hydrogens is 483 g/mol. The van der Waals surface area contributed by atoms with Crippen LogP contribution in [0.3, 0.4) is 0 Å². The lowest BCUT2D eigenvalue weighted by Gasteiger charge is -2.07. The molecule has 0 radical (unpaired) electrons. The Morgan fingerprint density at radius 3 is 1.50 bits per heavy atom. The molecule has 0 aliphatic heterocycles. The van der Waals surface area contributed by atoms with Crippen molar-refractivity contribution in [2.75, 3.05) is 14.2 Å². The van der Waals surface area contributed by atoms with Crippen molar-refractivity contribution in [3.8, 4) is 11.5 Å². The fraction of sp³-hybridized carbons (Fsp3) is 0.125. The highest BCUT2D eigenvalue weighted by molar-refractivity contribution is 9.10. The highest BCUT2D eigenvalue weighted by Crippen LogP contribution is 2.27. The van der Waals surface area contributed by atoms with E-state index < -0.39 is 0 Å². The second-order valence-electron chi connectivity index (χ2n) is 4.47. The number of methoxy groups -OCH3 is 2. The van der Waals surface area contributed by atoms with Gasteiger partial charge in [0.2, 0.25) is 0 Å². The van der Waals surface area contributed by atoms with Crippen LogP contribution in [-0.4, -0.2) is 24.6 Å². The van der Waals surface area contributed by atoms with Crippen LogP contribution in [-0.2, 0) is 0 Å². The van der Waals surface area contributed by atoms with Crippen LogP contribution in [0.5, 0.6) is 11.5 Å². The van der Waals surface area contributed by atoms with Gasteiger partial charge in [0.25, 0.3) is 0 Å². The zero-order valence-electron chi connectivity index (χ0n) is 12.7. The number of halogens is 4. The maximum Gasteiger partial charge on any atom is 0.162 e. The van der Waals surface area contributed by atoms with Crippen molar-refractivity contribution in [3.63, 3.8) is 0 Å². The Labute approximate surface area is 166 Å². The topological polar surface area (TPSA) is 43.2 Å². The summed E-state index contributed by atoms with van der Waals surface area (Å²) >= 11 is 19.2. The fourth-order valence-electron chi connectivity index (χ4n) is 1.87. The smallest absolute Gasteiger partial charge is 0.162 e. The van der Waals surface area contributed by atoms with Gasteiger partial charge in [-0.3, -0.25) is 0 Å². The van der Waals surface area contributed by atoms with Crippen molar-refractivity contribution >= 4 is 65.4 Å². The molecule has 126 valence electrons. The fourth-order valence-corrected chi connectivity index (χ4v) is 2.93. The van der Waals surface area contributed by atoms with Crippen LogP contribution < -0.4 is 9.47 Å². The molecule has 2 aromatic rings. The molecule has 24 heavy (non-hydrogen) atoms. The number of ether oxygens (including phenoxy) is 2. The van der Waals surface area contributed by atoms with E-state index in [1.54, 1.807) is 38.5 Å². The summed E-state index contributed by atoms with van der Waals surface area (Å²) in [6.45, 7) is 0. The summed E-state index contributed by atoms with van der Waals surface area (Å²) in [5, 5.41) is 8.29. The van der Waals surface area contributed by atoms with Crippen LogP contribution in [0.4, 0.5) is 0 Å². The zero-order valence-corrected chi connectivity index (χ0v) is 17.4. The van der Waals surface area contributed by atoms with E-state index in [1.807, 2.05) is 12.1 Å². The Morgan fingerprint density at radius 2 is 1.17 bits per heavy atom. The largest absolute Gasteiger partial charge is 0.496 e. The SMILES string of the molecule is COc1cc(Br)ccc1C(Cl)=NN=C(Cl)c1ccc(Br)cc1OC. The molecular formula is C16H12Br2Cl2N2O2. The van der Waals surface area contributed by atoms with Gasteiger partial charge in [-0.05, 0) is 36.4 Å². The highest BCUT2D eigenvalue weighted by Gasteiger charge is 2.11. The lowest BCUT2D eigenvalue weighted by atomic mass is 10.2. The van der Waals surface area contributed by atoms with Crippen molar-refractivity contribution in [1.82, 2.24) is 0 Å². The van der Waals surface area contributed by atoms with Crippen LogP contribution in [0.15, 0.2) is 55.5 Å². The molecule has 0 bridgehead atoms. The minimum Gasteiger partial charge on any atom is -0.496 e. The lowest BCUT2D eigenvalue weighted by Crippen LogP contribution is -1.98. The second kappa shape index (κ2) is 8.85. The Morgan fingerprint density at radius 1 is 0.792 bits per heavy atom. The van der Waals surface area contributed by atoms with E-state index in [0.717, 1.165) is 8.95 Å². The predicted molar refractivity (Wildman–Crippen MR) is 106 cm³/mol. The van der Waals surface area contributed by atoms with Crippen molar-refractivity contribution in [1.29, 1.82) is 0 Å². The number of nitrogens with zero attached hydrogens (tertiary/aromatic N) is 2. The Kier molecular flexibility index (Phi) is 7.10. The van der Waals surface area contributed by atoms with Gasteiger partial charge in [0.15, 0.2) is 10.3 Å². The average Bonchev–Trinajstić information content (AvgIpc) is 2.58. The first kappa shape index (κ1) is 19.2. The third kappa shape index (κ3) is 4.72. The molecule has 0 saturated carbocycles. The first-order chi connectivity index (χ1) is 11.5. The van der Waals surface area contributed by atoms with Gasteiger partial charge in [-0.2, -0.15) is 0 Å². The summed E-state index contributed by atoms with van der Waals surface area (Å²) in [4.78, 5) is 0. The third-order valence-corrected chi connectivity index (χ3v) is 4.54. The minimum absolute atomic E-state index is 0.161. The molecule has 0 amide bonds. The number of benzene rings is 2. The molecule has 2 rings (SSSR count). The van der Waals surface area contributed by atoms with Gasteiger partial charge in [0.1, 0.15) is 11.5 Å². The minimum atomic E-state index is 0.161. The van der Waals surface area contributed by atoms with E-state index in [9.17, 15) is 0 Å². The van der Waals surface area contributed by atoms with Crippen molar-refractivity contribution in [3.05, 3.63) is 56.5 Å². The molecule has 0 fully saturated rings. The van der Waals surface area contributed by atoms with Crippen LogP contribution in [0.1, 0.15) is 11.1 Å². The number of hydrogen-bond donors (Lipinski definition) is 0. The number of hydrogen-bond acceptors (Lipinski definition) is 4. The summed E-state index contributed by atoms with van der Waals surface area (Å²) < 4.78 is 12.3. The molecule has 0 atom stereocenters. The monoisotopic (exact) mass is 492 g/mol. The van der Waals surface area contributed by atoms with Gasteiger partial charge < -0.3 is 9.47 Å². The molecule has 0 saturated heterocycles. The van der Waals surface area contributed by atoms with E-state index in [4.69, 9.17) is 32.7 Å². The molecule has 0 aromatic heterocycles. The normalized spacial score (nSPS) is 12.2. The van der Waals surface area contributed by atoms with Gasteiger partial charge in [-0.15, -0.1) is 10.2 Å². The van der Waals surface area contributed by atoms with Crippen molar-refractivity contribution in [2.45, 2.75) is 0 Å². The maximum absolute atomic E-state index is 6.22. The standard InChI is InChI=1S/C16H12Br2Cl2N2O2/c1-23-13-7-9(17)3-5-11(13)15(19)21-22-16(20)12-6-4-10(18)8-14(12)24-2/h3-8H,1-2H3. The second-order valence-corrected chi connectivity index (χ2v) is 7.02. The first-order valence-corrected chi connectivity index (χ1v) is 8.95. The zero-order chi connectivity index (χ0) is 17.7. The Bertz CT molecular complexity index is 743. The summed E-state index contributed by atoms with van der Waals surface area (Å²) in [6.07, 6.45) is 0. The molecule has 0 spiro atoms. The summed E-state index contributed by atoms with van der Waals surface area (Å²) in [7, 11) is 3.11. The van der Waals surface area contributed by atoms with Gasteiger partial charge in [-0.1, -0.05) is 55.1 Å². The van der Waals surface area contributed by atoms with Gasteiger partial charge in [0, 0.05) is 8.95 Å². The maximum atomic E-state index is 6.22. The number of rotatable bonds is 5. The van der Waals surface area contributed by atoms with Gasteiger partial charge in [0.05, 0.1) is 25.3 Å². The van der Waals surface area contributed by atoms with Gasteiger partial charge >= 0.3 is 0 Å². The van der Waals surface area contributed by atoms with E-state index in [2.05, 4.69) is 42.1 Å². The molecule has 2 aromatic carbocycles. The molecule has 0 unspecified atom stereocenters. The summed E-state index contributed by atoms with van der Waals surface area (Å²) in [5.41, 5.74) is 1.22. The molecule has 0 N–H and O–H groups in total. The quantitative estimate of drug-likeness (QED) is 0.388. The van der Waals surface area contributed by atoms with Crippen LogP contribution >= 0.6 is 55.1 Å². The highest BCUT2D eigenvalue weighted by atomic mass is 79.9. The van der Waals surface area contributed by atoms with Gasteiger partial charge in [-0.25, -0.2) is 0 Å². The molecule has 4 nitrogen and oxygen atoms in total. The summed E-state index contributed by atoms with van der Waals surface area (Å²) in [5.74, 6) is 1.15. The predicted octanol–water partition coefficient (Wildman–Crippen LogP) is 5.81. The molecule has 0 heterocycles. The van der Waals surface area contributed by atoms with E-state index in [-0.39, 0.29) is 10.3 Å². The Hall–Kier alpha value is -1.08. The lowest BCUT2D eigenvalue weighted by molar-refractivity contribution is 0.413. The van der Waals surface area contributed by atoms with Crippen LogP contribution in [0.25, 0.3) is 0 Å². The van der Waals surface area contributed by atoms with E-state index in [1.165, 1.54) is 0 Å². The Balaban J connectivity index is 2.36. The average molecular weight is 495 g/mol. The van der Waals surface area contributed by atoms with Crippen LogP contribution in [0.2, 0.25) is 0 Å². The summed E-state index contributed by atoms with van der Waals surface area (Å²) in [6, 6.07) is 10.8. The van der Waals surface area contributed by atoms with Crippen molar-refractivity contribution in [2.24, 2.45) is 10.2 Å². The van der Waals surface area contributed by atoms with Crippen molar-refractivity contribution < 1.29 is 9.47 Å². The molecule has 8 heteroatoms. The van der Waals surface area contributed by atoms with Crippen LogP contribution in [0, 0.1) is 0 Å². The third-order valence-electron chi connectivity index (χ3n) is 3.00. The molecule has 0 aliphatic rings.